The summed E-state index contributed by atoms with van der Waals surface area (Å²) >= 11 is 1.53. The number of nitrogens with zero attached hydrogens (tertiary/aromatic N) is 5. The molecule has 1 saturated heterocycles. The second kappa shape index (κ2) is 11.1. The van der Waals surface area contributed by atoms with Gasteiger partial charge in [0.05, 0.1) is 46.1 Å². The largest absolute Gasteiger partial charge is 0.368 e. The van der Waals surface area contributed by atoms with Crippen molar-refractivity contribution in [1.29, 1.82) is 0 Å². The Bertz CT molecular complexity index is 1300. The molecule has 9 nitrogen and oxygen atoms in total. The molecule has 0 aliphatic carbocycles. The Labute approximate surface area is 235 Å². The van der Waals surface area contributed by atoms with Gasteiger partial charge in [0.15, 0.2) is 0 Å². The first-order valence-electron chi connectivity index (χ1n) is 13.7. The molecule has 0 spiro atoms. The number of aromatic nitrogens is 1. The van der Waals surface area contributed by atoms with Gasteiger partial charge >= 0.3 is 0 Å². The summed E-state index contributed by atoms with van der Waals surface area (Å²) in [7, 11) is 0. The summed E-state index contributed by atoms with van der Waals surface area (Å²) < 4.78 is 0. The average molecular weight is 549 g/mol. The maximum atomic E-state index is 12.9. The highest BCUT2D eigenvalue weighted by Crippen LogP contribution is 2.31. The first-order valence-corrected chi connectivity index (χ1v) is 14.5. The highest BCUT2D eigenvalue weighted by molar-refractivity contribution is 7.14. The molecular weight excluding hydrogens is 508 g/mol. The van der Waals surface area contributed by atoms with E-state index in [1.165, 1.54) is 21.9 Å². The Kier molecular flexibility index (Phi) is 7.80. The molecule has 5 heterocycles. The van der Waals surface area contributed by atoms with Crippen molar-refractivity contribution < 1.29 is 4.79 Å². The van der Waals surface area contributed by atoms with Crippen LogP contribution in [0.5, 0.6) is 0 Å². The molecule has 0 saturated carbocycles. The third-order valence-corrected chi connectivity index (χ3v) is 8.95. The molecule has 1 amide bonds. The number of aliphatic imine (C=N–C) groups is 1. The van der Waals surface area contributed by atoms with Crippen molar-refractivity contribution in [3.63, 3.8) is 0 Å². The van der Waals surface area contributed by atoms with E-state index in [0.29, 0.717) is 23.2 Å². The fourth-order valence-corrected chi connectivity index (χ4v) is 5.93. The first-order chi connectivity index (χ1) is 18.6. The van der Waals surface area contributed by atoms with Crippen molar-refractivity contribution in [2.75, 3.05) is 43.0 Å². The minimum absolute atomic E-state index is 0.0165. The van der Waals surface area contributed by atoms with Gasteiger partial charge in [-0.2, -0.15) is 0 Å². The zero-order chi connectivity index (χ0) is 27.7. The summed E-state index contributed by atoms with van der Waals surface area (Å²) in [5.41, 5.74) is 11.2. The summed E-state index contributed by atoms with van der Waals surface area (Å²) in [4.78, 5) is 29.0. The standard InChI is InChI=1S/C29H40N8OS/c1-19(2)35-9-11-36(12-10-35)23-13-21(15-30-17-23)24-18-37(34-33-24)25-14-22(16-31-20(25)3)32-28(38)26-7-8-27(39-26)29(4,5)6/h7-8,13-14,16-19,21,33-34H,9-12,15H2,1-6H3,(H,32,38). The molecule has 5 rings (SSSR count). The fourth-order valence-electron chi connectivity index (χ4n) is 4.97. The van der Waals surface area contributed by atoms with Gasteiger partial charge in [-0.15, -0.1) is 16.9 Å². The summed E-state index contributed by atoms with van der Waals surface area (Å²) in [6, 6.07) is 6.45. The third-order valence-electron chi connectivity index (χ3n) is 7.44. The molecule has 0 bridgehead atoms. The molecule has 2 aromatic heterocycles. The van der Waals surface area contributed by atoms with E-state index in [1.54, 1.807) is 6.20 Å². The Hall–Kier alpha value is -3.21. The monoisotopic (exact) mass is 548 g/mol. The topological polar surface area (TPSA) is 88.1 Å². The number of hydrogen-bond donors (Lipinski definition) is 3. The predicted molar refractivity (Wildman–Crippen MR) is 160 cm³/mol. The van der Waals surface area contributed by atoms with Gasteiger partial charge < -0.3 is 15.6 Å². The van der Waals surface area contributed by atoms with Crippen molar-refractivity contribution in [1.82, 2.24) is 25.7 Å². The number of hydrogen-bond acceptors (Lipinski definition) is 9. The number of thiophene rings is 1. The lowest BCUT2D eigenvalue weighted by atomic mass is 9.95. The highest BCUT2D eigenvalue weighted by Gasteiger charge is 2.26. The molecule has 39 heavy (non-hydrogen) atoms. The lowest BCUT2D eigenvalue weighted by molar-refractivity contribution is 0.103. The molecule has 3 N–H and O–H groups in total. The number of nitrogens with one attached hydrogen (secondary N) is 3. The number of hydrazine groups is 2. The molecule has 0 radical (unpaired) electrons. The molecule has 3 aliphatic rings. The molecule has 0 aromatic carbocycles. The quantitative estimate of drug-likeness (QED) is 0.497. The number of dihydropyridines is 1. The van der Waals surface area contributed by atoms with Gasteiger partial charge in [-0.05, 0) is 50.5 Å². The number of piperazine rings is 1. The molecule has 1 unspecified atom stereocenters. The minimum Gasteiger partial charge on any atom is -0.368 e. The summed E-state index contributed by atoms with van der Waals surface area (Å²) in [6.07, 6.45) is 8.09. The number of allylic oxidation sites excluding steroid dienone is 1. The third kappa shape index (κ3) is 6.18. The van der Waals surface area contributed by atoms with Crippen LogP contribution >= 0.6 is 11.3 Å². The van der Waals surface area contributed by atoms with Crippen LogP contribution in [0.1, 0.15) is 54.9 Å². The predicted octanol–water partition coefficient (Wildman–Crippen LogP) is 4.28. The zero-order valence-electron chi connectivity index (χ0n) is 23.8. The molecule has 2 aromatic rings. The average Bonchev–Trinajstić information content (AvgIpc) is 3.61. The van der Waals surface area contributed by atoms with Crippen LogP contribution in [-0.4, -0.2) is 65.7 Å². The Morgan fingerprint density at radius 3 is 2.64 bits per heavy atom. The van der Waals surface area contributed by atoms with E-state index in [1.807, 2.05) is 36.3 Å². The van der Waals surface area contributed by atoms with Crippen LogP contribution in [0.25, 0.3) is 0 Å². The van der Waals surface area contributed by atoms with Crippen molar-refractivity contribution in [2.24, 2.45) is 10.9 Å². The summed E-state index contributed by atoms with van der Waals surface area (Å²) in [5, 5.41) is 4.94. The van der Waals surface area contributed by atoms with Gasteiger partial charge in [-0.25, -0.2) is 0 Å². The van der Waals surface area contributed by atoms with Crippen LogP contribution in [0.3, 0.4) is 0 Å². The minimum atomic E-state index is -0.122. The van der Waals surface area contributed by atoms with E-state index < -0.39 is 0 Å². The maximum absolute atomic E-state index is 12.9. The van der Waals surface area contributed by atoms with Crippen LogP contribution < -0.4 is 21.3 Å². The van der Waals surface area contributed by atoms with Crippen LogP contribution in [0.15, 0.2) is 53.1 Å². The van der Waals surface area contributed by atoms with Crippen LogP contribution in [0.4, 0.5) is 11.4 Å². The van der Waals surface area contributed by atoms with Gasteiger partial charge in [0.1, 0.15) is 0 Å². The van der Waals surface area contributed by atoms with Crippen molar-refractivity contribution in [3.05, 3.63) is 63.5 Å². The number of carbonyl (C=O) groups is 1. The molecule has 208 valence electrons. The second-order valence-electron chi connectivity index (χ2n) is 11.7. The first kappa shape index (κ1) is 27.4. The molecule has 10 heteroatoms. The van der Waals surface area contributed by atoms with Crippen molar-refractivity contribution >= 4 is 34.8 Å². The lowest BCUT2D eigenvalue weighted by Gasteiger charge is -2.39. The zero-order valence-corrected chi connectivity index (χ0v) is 24.6. The summed E-state index contributed by atoms with van der Waals surface area (Å²) in [6.45, 7) is 17.8. The van der Waals surface area contributed by atoms with Gasteiger partial charge in [-0.1, -0.05) is 20.8 Å². The molecule has 3 aliphatic heterocycles. The van der Waals surface area contributed by atoms with Crippen molar-refractivity contribution in [2.45, 2.75) is 53.0 Å². The van der Waals surface area contributed by atoms with Crippen LogP contribution in [-0.2, 0) is 5.41 Å². The van der Waals surface area contributed by atoms with E-state index in [9.17, 15) is 4.79 Å². The smallest absolute Gasteiger partial charge is 0.265 e. The molecule has 1 atom stereocenters. The van der Waals surface area contributed by atoms with Gasteiger partial charge in [0.25, 0.3) is 5.91 Å². The molecule has 1 fully saturated rings. The second-order valence-corrected chi connectivity index (χ2v) is 12.8. The van der Waals surface area contributed by atoms with Gasteiger partial charge in [0.2, 0.25) is 0 Å². The lowest BCUT2D eigenvalue weighted by Crippen LogP contribution is -2.48. The highest BCUT2D eigenvalue weighted by atomic mass is 32.1. The number of anilines is 2. The Balaban J connectivity index is 1.27. The van der Waals surface area contributed by atoms with E-state index in [4.69, 9.17) is 0 Å². The van der Waals surface area contributed by atoms with Crippen molar-refractivity contribution in [3.8, 4) is 0 Å². The van der Waals surface area contributed by atoms with E-state index >= 15 is 0 Å². The van der Waals surface area contributed by atoms with Gasteiger partial charge in [-0.3, -0.25) is 24.7 Å². The van der Waals surface area contributed by atoms with E-state index in [0.717, 1.165) is 43.3 Å². The fraction of sp³-hybridized carbons (Fsp3) is 0.483. The maximum Gasteiger partial charge on any atom is 0.265 e. The Morgan fingerprint density at radius 1 is 1.18 bits per heavy atom. The van der Waals surface area contributed by atoms with Crippen LogP contribution in [0.2, 0.25) is 0 Å². The van der Waals surface area contributed by atoms with Crippen LogP contribution in [0, 0.1) is 12.8 Å². The number of pyridine rings is 1. The van der Waals surface area contributed by atoms with Gasteiger partial charge in [0, 0.05) is 55.4 Å². The SMILES string of the molecule is Cc1ncc(NC(=O)c2ccc(C(C)(C)C)s2)cc1N1C=C(C2C=C(N3CCN(C(C)C)CC3)C=NC2)NN1. The van der Waals surface area contributed by atoms with E-state index in [-0.39, 0.29) is 17.2 Å². The Morgan fingerprint density at radius 2 is 1.95 bits per heavy atom. The summed E-state index contributed by atoms with van der Waals surface area (Å²) in [5.74, 6) is 0.0282. The normalized spacial score (nSPS) is 20.2. The van der Waals surface area contributed by atoms with E-state index in [2.05, 4.69) is 82.9 Å². The number of amides is 1. The number of carbonyl (C=O) groups excluding carboxylic acids is 1. The number of aryl methyl sites for hydroxylation is 1. The molecular formula is C29H40N8OS. The number of rotatable bonds is 6.